The van der Waals surface area contributed by atoms with Gasteiger partial charge in [0.05, 0.1) is 6.61 Å². The van der Waals surface area contributed by atoms with Crippen molar-refractivity contribution in [1.82, 2.24) is 0 Å². The minimum atomic E-state index is -1.83. The second-order valence-electron chi connectivity index (χ2n) is 5.75. The third kappa shape index (κ3) is 3.36. The summed E-state index contributed by atoms with van der Waals surface area (Å²) in [6.45, 7) is -0.704. The van der Waals surface area contributed by atoms with Crippen LogP contribution in [0.5, 0.6) is 0 Å². The molecule has 0 amide bonds. The Morgan fingerprint density at radius 1 is 0.609 bits per heavy atom. The van der Waals surface area contributed by atoms with E-state index in [2.05, 4.69) is 0 Å². The maximum absolute atomic E-state index is 9.85. The monoisotopic (exact) mass is 342 g/mol. The predicted molar refractivity (Wildman–Crippen MR) is 68.7 cm³/mol. The maximum Gasteiger partial charge on any atom is 0.187 e. The third-order valence-corrected chi connectivity index (χ3v) is 4.21. The molecule has 2 unspecified atom stereocenters. The smallest absolute Gasteiger partial charge is 0.187 e. The first-order valence-corrected chi connectivity index (χ1v) is 7.07. The summed E-state index contributed by atoms with van der Waals surface area (Å²) in [6, 6.07) is 0. The van der Waals surface area contributed by atoms with Crippen LogP contribution in [0.3, 0.4) is 0 Å². The van der Waals surface area contributed by atoms with E-state index in [9.17, 15) is 40.9 Å². The summed E-state index contributed by atoms with van der Waals surface area (Å²) < 4.78 is 10.2. The molecular weight excluding hydrogens is 320 g/mol. The Hall–Kier alpha value is -0.440. The van der Waals surface area contributed by atoms with E-state index in [0.29, 0.717) is 0 Å². The Balaban J connectivity index is 2.13. The molecule has 0 aromatic carbocycles. The van der Waals surface area contributed by atoms with Gasteiger partial charge in [-0.3, -0.25) is 0 Å². The average molecular weight is 342 g/mol. The van der Waals surface area contributed by atoms with Crippen molar-refractivity contribution >= 4 is 0 Å². The molecule has 2 fully saturated rings. The first-order chi connectivity index (χ1) is 10.7. The molecule has 136 valence electrons. The molecule has 11 heteroatoms. The molecule has 0 radical (unpaired) electrons. The highest BCUT2D eigenvalue weighted by Gasteiger charge is 2.52. The van der Waals surface area contributed by atoms with E-state index in [1.807, 2.05) is 0 Å². The summed E-state index contributed by atoms with van der Waals surface area (Å²) in [5.74, 6) is 0. The van der Waals surface area contributed by atoms with E-state index in [4.69, 9.17) is 14.6 Å². The number of hydrogen-bond acceptors (Lipinski definition) is 11. The molecule has 1 saturated heterocycles. The summed E-state index contributed by atoms with van der Waals surface area (Å²) in [7, 11) is 0. The minimum Gasteiger partial charge on any atom is -0.394 e. The molecule has 2 rings (SSSR count). The molecule has 11 atom stereocenters. The molecule has 0 aromatic heterocycles. The Bertz CT molecular complexity index is 377. The van der Waals surface area contributed by atoms with Crippen molar-refractivity contribution in [2.45, 2.75) is 67.3 Å². The molecule has 23 heavy (non-hydrogen) atoms. The average Bonchev–Trinajstić information content (AvgIpc) is 2.54. The van der Waals surface area contributed by atoms with Crippen LogP contribution in [0.15, 0.2) is 0 Å². The molecule has 1 aliphatic heterocycles. The second-order valence-corrected chi connectivity index (χ2v) is 5.75. The van der Waals surface area contributed by atoms with Gasteiger partial charge in [0.15, 0.2) is 6.29 Å². The van der Waals surface area contributed by atoms with Gasteiger partial charge in [-0.05, 0) is 0 Å². The van der Waals surface area contributed by atoms with Crippen LogP contribution in [-0.4, -0.2) is 120 Å². The van der Waals surface area contributed by atoms with Crippen LogP contribution in [-0.2, 0) is 9.47 Å². The van der Waals surface area contributed by atoms with Gasteiger partial charge < -0.3 is 55.4 Å². The lowest BCUT2D eigenvalue weighted by Gasteiger charge is -2.45. The zero-order valence-electron chi connectivity index (χ0n) is 11.9. The number of aliphatic hydroxyl groups is 9. The topological polar surface area (TPSA) is 201 Å². The van der Waals surface area contributed by atoms with E-state index in [1.54, 1.807) is 0 Å². The van der Waals surface area contributed by atoms with Gasteiger partial charge in [0.1, 0.15) is 61.0 Å². The van der Waals surface area contributed by atoms with Crippen molar-refractivity contribution in [3.8, 4) is 0 Å². The van der Waals surface area contributed by atoms with Crippen molar-refractivity contribution in [1.29, 1.82) is 0 Å². The first-order valence-electron chi connectivity index (χ1n) is 7.07. The fourth-order valence-electron chi connectivity index (χ4n) is 2.69. The van der Waals surface area contributed by atoms with E-state index in [1.165, 1.54) is 0 Å². The molecule has 0 spiro atoms. The van der Waals surface area contributed by atoms with Crippen molar-refractivity contribution in [3.05, 3.63) is 0 Å². The van der Waals surface area contributed by atoms with Gasteiger partial charge in [-0.15, -0.1) is 0 Å². The van der Waals surface area contributed by atoms with Gasteiger partial charge in [0, 0.05) is 0 Å². The molecule has 9 N–H and O–H groups in total. The van der Waals surface area contributed by atoms with Crippen LogP contribution in [0, 0.1) is 0 Å². The molecule has 1 heterocycles. The number of hydrogen-bond donors (Lipinski definition) is 9. The van der Waals surface area contributed by atoms with Crippen molar-refractivity contribution in [3.63, 3.8) is 0 Å². The van der Waals surface area contributed by atoms with Crippen LogP contribution in [0.1, 0.15) is 0 Å². The van der Waals surface area contributed by atoms with Gasteiger partial charge in [-0.1, -0.05) is 0 Å². The summed E-state index contributed by atoms with van der Waals surface area (Å²) in [5, 5.41) is 86.6. The Morgan fingerprint density at radius 2 is 1.04 bits per heavy atom. The SMILES string of the molecule is OC[C@H]1O[C@@H](OC2[C@@H](O)[C@H](O)C(O)[C@H](O)[C@@H]2O)[C@H](O)[C@@H](O)[C@@H]1O. The zero-order chi connectivity index (χ0) is 17.5. The van der Waals surface area contributed by atoms with Gasteiger partial charge >= 0.3 is 0 Å². The fourth-order valence-corrected chi connectivity index (χ4v) is 2.69. The molecule has 1 aliphatic carbocycles. The van der Waals surface area contributed by atoms with Crippen LogP contribution in [0.4, 0.5) is 0 Å². The summed E-state index contributed by atoms with van der Waals surface area (Å²) in [4.78, 5) is 0. The van der Waals surface area contributed by atoms with E-state index >= 15 is 0 Å². The zero-order valence-corrected chi connectivity index (χ0v) is 11.9. The molecular formula is C12H22O11. The van der Waals surface area contributed by atoms with Crippen molar-refractivity contribution in [2.24, 2.45) is 0 Å². The molecule has 1 saturated carbocycles. The summed E-state index contributed by atoms with van der Waals surface area (Å²) in [6.07, 6.45) is -18.9. The Kier molecular flexibility index (Phi) is 5.92. The summed E-state index contributed by atoms with van der Waals surface area (Å²) in [5.41, 5.74) is 0. The van der Waals surface area contributed by atoms with E-state index < -0.39 is 73.9 Å². The normalized spacial score (nSPS) is 54.9. The molecule has 0 bridgehead atoms. The number of aliphatic hydroxyl groups excluding tert-OH is 9. The largest absolute Gasteiger partial charge is 0.394 e. The van der Waals surface area contributed by atoms with Gasteiger partial charge in [-0.2, -0.15) is 0 Å². The number of ether oxygens (including phenoxy) is 2. The quantitative estimate of drug-likeness (QED) is 0.236. The molecule has 2 aliphatic rings. The van der Waals surface area contributed by atoms with Gasteiger partial charge in [0.25, 0.3) is 0 Å². The standard InChI is InChI=1S/C12H22O11/c13-1-2-3(14)4(15)10(21)12(22-2)23-11-8(19)6(17)5(16)7(18)9(11)20/h2-21H,1H2/t2-,3-,4+,5?,6-,7+,8+,9+,10-,11?,12+/m1/s1. The van der Waals surface area contributed by atoms with Crippen LogP contribution in [0.25, 0.3) is 0 Å². The first kappa shape index (κ1) is 18.9. The Labute approximate surface area is 130 Å². The Morgan fingerprint density at radius 3 is 1.52 bits per heavy atom. The second kappa shape index (κ2) is 7.21. The lowest BCUT2D eigenvalue weighted by Crippen LogP contribution is -2.67. The number of rotatable bonds is 3. The lowest BCUT2D eigenvalue weighted by atomic mass is 9.84. The third-order valence-electron chi connectivity index (χ3n) is 4.21. The molecule has 0 aromatic rings. The maximum atomic E-state index is 9.85. The highest BCUT2D eigenvalue weighted by atomic mass is 16.7. The predicted octanol–water partition coefficient (Wildman–Crippen LogP) is -6.01. The van der Waals surface area contributed by atoms with Crippen molar-refractivity contribution in [2.75, 3.05) is 6.61 Å². The van der Waals surface area contributed by atoms with Crippen LogP contribution in [0.2, 0.25) is 0 Å². The van der Waals surface area contributed by atoms with E-state index in [0.717, 1.165) is 0 Å². The van der Waals surface area contributed by atoms with Crippen LogP contribution < -0.4 is 0 Å². The van der Waals surface area contributed by atoms with Crippen LogP contribution >= 0.6 is 0 Å². The lowest BCUT2D eigenvalue weighted by molar-refractivity contribution is -0.339. The van der Waals surface area contributed by atoms with Gasteiger partial charge in [0.2, 0.25) is 0 Å². The fraction of sp³-hybridized carbons (Fsp3) is 1.00. The highest BCUT2D eigenvalue weighted by Crippen LogP contribution is 2.29. The van der Waals surface area contributed by atoms with Gasteiger partial charge in [-0.25, -0.2) is 0 Å². The molecule has 11 nitrogen and oxygen atoms in total. The highest BCUT2D eigenvalue weighted by molar-refractivity contribution is 5.00. The summed E-state index contributed by atoms with van der Waals surface area (Å²) >= 11 is 0. The van der Waals surface area contributed by atoms with Crippen molar-refractivity contribution < 1.29 is 55.4 Å². The van der Waals surface area contributed by atoms with E-state index in [-0.39, 0.29) is 0 Å². The minimum absolute atomic E-state index is 0.704.